The minimum absolute atomic E-state index is 0.0497. The van der Waals surface area contributed by atoms with Crippen LogP contribution in [0.4, 0.5) is 0 Å². The summed E-state index contributed by atoms with van der Waals surface area (Å²) in [4.78, 5) is 28.7. The summed E-state index contributed by atoms with van der Waals surface area (Å²) in [5.41, 5.74) is 0.790. The predicted octanol–water partition coefficient (Wildman–Crippen LogP) is 2.57. The second kappa shape index (κ2) is 10.6. The lowest BCUT2D eigenvalue weighted by Gasteiger charge is -2.35. The molecule has 2 aliphatic rings. The molecule has 1 saturated carbocycles. The lowest BCUT2D eigenvalue weighted by molar-refractivity contribution is -0.120. The third-order valence-electron chi connectivity index (χ3n) is 6.80. The number of carboxylic acid groups (broad SMARTS) is 1. The van der Waals surface area contributed by atoms with Gasteiger partial charge in [0.1, 0.15) is 11.5 Å². The molecule has 1 aromatic carbocycles. The van der Waals surface area contributed by atoms with Gasteiger partial charge in [0.2, 0.25) is 0 Å². The van der Waals surface area contributed by atoms with Gasteiger partial charge in [0.05, 0.1) is 5.56 Å². The van der Waals surface area contributed by atoms with Crippen LogP contribution in [0.25, 0.3) is 0 Å². The molecule has 1 heterocycles. The third kappa shape index (κ3) is 6.31. The summed E-state index contributed by atoms with van der Waals surface area (Å²) in [5.74, 6) is -0.615. The predicted molar refractivity (Wildman–Crippen MR) is 121 cm³/mol. The van der Waals surface area contributed by atoms with Crippen LogP contribution in [0, 0.1) is 5.92 Å². The monoisotopic (exact) mass is 430 g/mol. The molecule has 1 fully saturated rings. The molecule has 1 aromatic rings. The van der Waals surface area contributed by atoms with Crippen molar-refractivity contribution in [1.82, 2.24) is 9.80 Å². The van der Waals surface area contributed by atoms with Gasteiger partial charge in [-0.1, -0.05) is 12.1 Å². The van der Waals surface area contributed by atoms with Crippen LogP contribution in [0.15, 0.2) is 18.2 Å². The molecule has 170 valence electrons. The highest BCUT2D eigenvalue weighted by atomic mass is 16.5. The first kappa shape index (κ1) is 23.8. The third-order valence-corrected chi connectivity index (χ3v) is 6.80. The summed E-state index contributed by atoms with van der Waals surface area (Å²) in [6, 6.07) is 5.54. The standard InChI is InChI=1S/C23H35BN2O5/c1-25(2)11-12-26(3)19-9-7-16(8-10-19)13-20(27)15-18-14-17-5-4-6-21(23(28)29)22(17)31-24(18)30/h4-6,16,18-19,30H,7-15H2,1-3H3,(H,28,29)/t16?,18-,19?/m1/s1. The smallest absolute Gasteiger partial charge is 0.526 e. The van der Waals surface area contributed by atoms with E-state index in [1.165, 1.54) is 6.07 Å². The number of carbonyl (C=O) groups excluding carboxylic acids is 1. The zero-order valence-corrected chi connectivity index (χ0v) is 18.9. The van der Waals surface area contributed by atoms with Crippen molar-refractivity contribution in [3.63, 3.8) is 0 Å². The highest BCUT2D eigenvalue weighted by Gasteiger charge is 2.38. The largest absolute Gasteiger partial charge is 0.535 e. The van der Waals surface area contributed by atoms with Crippen LogP contribution in [0.3, 0.4) is 0 Å². The van der Waals surface area contributed by atoms with Gasteiger partial charge in [0, 0.05) is 37.8 Å². The Morgan fingerprint density at radius 2 is 1.81 bits per heavy atom. The summed E-state index contributed by atoms with van der Waals surface area (Å²) in [5, 5.41) is 19.7. The van der Waals surface area contributed by atoms with Gasteiger partial charge in [-0.15, -0.1) is 0 Å². The maximum absolute atomic E-state index is 12.7. The lowest BCUT2D eigenvalue weighted by Crippen LogP contribution is -2.39. The van der Waals surface area contributed by atoms with Crippen molar-refractivity contribution < 1.29 is 24.4 Å². The first-order chi connectivity index (χ1) is 14.7. The van der Waals surface area contributed by atoms with E-state index in [0.717, 1.165) is 44.3 Å². The highest BCUT2D eigenvalue weighted by molar-refractivity contribution is 6.47. The molecule has 0 spiro atoms. The van der Waals surface area contributed by atoms with Crippen LogP contribution in [-0.4, -0.2) is 79.1 Å². The number of fused-ring (bicyclic) bond motifs is 1. The average molecular weight is 430 g/mol. The molecule has 1 aliphatic carbocycles. The summed E-state index contributed by atoms with van der Waals surface area (Å²) < 4.78 is 5.52. The van der Waals surface area contributed by atoms with Crippen molar-refractivity contribution in [2.45, 2.75) is 56.8 Å². The number of nitrogens with zero attached hydrogens (tertiary/aromatic N) is 2. The Hall–Kier alpha value is -1.90. The SMILES string of the molecule is CN(C)CCN(C)C1CCC(CC(=O)C[C@H]2Cc3cccc(C(=O)O)c3OB2O)CC1. The Morgan fingerprint density at radius 3 is 2.45 bits per heavy atom. The molecule has 31 heavy (non-hydrogen) atoms. The number of hydrogen-bond acceptors (Lipinski definition) is 6. The molecule has 7 nitrogen and oxygen atoms in total. The van der Waals surface area contributed by atoms with E-state index in [4.69, 9.17) is 4.65 Å². The molecule has 1 aliphatic heterocycles. The fraction of sp³-hybridized carbons (Fsp3) is 0.652. The second-order valence-electron chi connectivity index (χ2n) is 9.48. The van der Waals surface area contributed by atoms with E-state index in [2.05, 4.69) is 30.9 Å². The van der Waals surface area contributed by atoms with Crippen LogP contribution in [0.1, 0.15) is 54.4 Å². The number of Topliss-reactive ketones (excluding diaryl/α,β-unsaturated/α-hetero) is 1. The number of ketones is 1. The van der Waals surface area contributed by atoms with Gasteiger partial charge in [-0.2, -0.15) is 0 Å². The van der Waals surface area contributed by atoms with Crippen LogP contribution < -0.4 is 4.65 Å². The molecule has 0 bridgehead atoms. The van der Waals surface area contributed by atoms with E-state index in [1.54, 1.807) is 12.1 Å². The van der Waals surface area contributed by atoms with E-state index in [1.807, 2.05) is 0 Å². The van der Waals surface area contributed by atoms with Gasteiger partial charge < -0.3 is 24.6 Å². The molecule has 3 rings (SSSR count). The van der Waals surface area contributed by atoms with Crippen LogP contribution >= 0.6 is 0 Å². The number of rotatable bonds is 9. The van der Waals surface area contributed by atoms with E-state index >= 15 is 0 Å². The normalized spacial score (nSPS) is 23.5. The van der Waals surface area contributed by atoms with Gasteiger partial charge in [-0.05, 0) is 70.8 Å². The molecule has 2 N–H and O–H groups in total. The van der Waals surface area contributed by atoms with Gasteiger partial charge in [-0.3, -0.25) is 4.79 Å². The number of likely N-dealkylation sites (N-methyl/N-ethyl adjacent to an activating group) is 2. The Kier molecular flexibility index (Phi) is 8.14. The molecular formula is C23H35BN2O5. The molecule has 1 atom stereocenters. The first-order valence-corrected chi connectivity index (χ1v) is 11.3. The second-order valence-corrected chi connectivity index (χ2v) is 9.48. The minimum Gasteiger partial charge on any atom is -0.535 e. The Labute approximate surface area is 185 Å². The van der Waals surface area contributed by atoms with Crippen molar-refractivity contribution in [3.8, 4) is 5.75 Å². The van der Waals surface area contributed by atoms with Crippen LogP contribution in [-0.2, 0) is 11.2 Å². The quantitative estimate of drug-likeness (QED) is 0.582. The molecule has 8 heteroatoms. The topological polar surface area (TPSA) is 90.3 Å². The number of para-hydroxylation sites is 1. The Balaban J connectivity index is 1.47. The molecule has 0 radical (unpaired) electrons. The highest BCUT2D eigenvalue weighted by Crippen LogP contribution is 2.37. The summed E-state index contributed by atoms with van der Waals surface area (Å²) in [6.07, 6.45) is 5.66. The fourth-order valence-corrected chi connectivity index (χ4v) is 4.85. The Morgan fingerprint density at radius 1 is 1.10 bits per heavy atom. The lowest BCUT2D eigenvalue weighted by atomic mass is 9.64. The first-order valence-electron chi connectivity index (χ1n) is 11.3. The zero-order chi connectivity index (χ0) is 22.5. The number of carboxylic acids is 1. The summed E-state index contributed by atoms with van der Waals surface area (Å²) in [6.45, 7) is 2.11. The van der Waals surface area contributed by atoms with Crippen LogP contribution in [0.5, 0.6) is 5.75 Å². The fourth-order valence-electron chi connectivity index (χ4n) is 4.85. The molecular weight excluding hydrogens is 395 g/mol. The van der Waals surface area contributed by atoms with Crippen molar-refractivity contribution in [2.75, 3.05) is 34.2 Å². The van der Waals surface area contributed by atoms with Crippen molar-refractivity contribution in [1.29, 1.82) is 0 Å². The average Bonchev–Trinajstić information content (AvgIpc) is 2.72. The van der Waals surface area contributed by atoms with E-state index in [0.29, 0.717) is 24.8 Å². The number of benzene rings is 1. The van der Waals surface area contributed by atoms with Crippen LogP contribution in [0.2, 0.25) is 5.82 Å². The van der Waals surface area contributed by atoms with E-state index in [9.17, 15) is 19.7 Å². The maximum atomic E-state index is 12.7. The minimum atomic E-state index is -1.15. The van der Waals surface area contributed by atoms with Crippen molar-refractivity contribution in [3.05, 3.63) is 29.3 Å². The number of hydrogen-bond donors (Lipinski definition) is 2. The Bertz CT molecular complexity index is 779. The zero-order valence-electron chi connectivity index (χ0n) is 18.9. The van der Waals surface area contributed by atoms with Gasteiger partial charge >= 0.3 is 13.1 Å². The molecule has 0 aromatic heterocycles. The summed E-state index contributed by atoms with van der Waals surface area (Å²) >= 11 is 0. The summed E-state index contributed by atoms with van der Waals surface area (Å²) in [7, 11) is 5.22. The molecule has 0 saturated heterocycles. The van der Waals surface area contributed by atoms with Gasteiger partial charge in [0.25, 0.3) is 0 Å². The van der Waals surface area contributed by atoms with Gasteiger partial charge in [0.15, 0.2) is 0 Å². The van der Waals surface area contributed by atoms with Gasteiger partial charge in [-0.25, -0.2) is 4.79 Å². The van der Waals surface area contributed by atoms with Crippen molar-refractivity contribution in [2.24, 2.45) is 5.92 Å². The molecule has 0 amide bonds. The maximum Gasteiger partial charge on any atom is 0.526 e. The van der Waals surface area contributed by atoms with E-state index in [-0.39, 0.29) is 29.3 Å². The van der Waals surface area contributed by atoms with E-state index < -0.39 is 13.1 Å². The van der Waals surface area contributed by atoms with Crippen molar-refractivity contribution >= 4 is 18.9 Å². The number of aromatic carboxylic acids is 1. The molecule has 0 unspecified atom stereocenters. The number of carbonyl (C=O) groups is 2.